The lowest BCUT2D eigenvalue weighted by Gasteiger charge is -2.28. The Bertz CT molecular complexity index is 965. The van der Waals surface area contributed by atoms with E-state index in [1.165, 1.54) is 29.2 Å². The van der Waals surface area contributed by atoms with E-state index in [0.717, 1.165) is 11.1 Å². The van der Waals surface area contributed by atoms with Crippen molar-refractivity contribution in [3.8, 4) is 11.5 Å². The zero-order valence-corrected chi connectivity index (χ0v) is 15.2. The maximum Gasteiger partial charge on any atom is 0.250 e. The van der Waals surface area contributed by atoms with Crippen LogP contribution in [0.2, 0.25) is 0 Å². The van der Waals surface area contributed by atoms with Gasteiger partial charge in [-0.25, -0.2) is 8.42 Å². The van der Waals surface area contributed by atoms with Crippen LogP contribution in [0.25, 0.3) is 0 Å². The number of sulfonamides is 1. The molecule has 7 nitrogen and oxygen atoms in total. The van der Waals surface area contributed by atoms with Gasteiger partial charge in [0, 0.05) is 38.5 Å². The second-order valence-electron chi connectivity index (χ2n) is 5.88. The molecule has 1 aliphatic heterocycles. The third-order valence-corrected chi connectivity index (χ3v) is 6.24. The zero-order chi connectivity index (χ0) is 18.2. The summed E-state index contributed by atoms with van der Waals surface area (Å²) in [6.07, 6.45) is 2.19. The summed E-state index contributed by atoms with van der Waals surface area (Å²) in [5.41, 5.74) is 1.63. The molecule has 0 saturated carbocycles. The summed E-state index contributed by atoms with van der Waals surface area (Å²) in [5, 5.41) is 0. The summed E-state index contributed by atoms with van der Waals surface area (Å²) in [6.45, 7) is 0.523. The van der Waals surface area contributed by atoms with E-state index in [0.29, 0.717) is 18.7 Å². The summed E-state index contributed by atoms with van der Waals surface area (Å²) in [7, 11) is 0.806. The molecule has 0 saturated heterocycles. The highest BCUT2D eigenvalue weighted by Crippen LogP contribution is 2.32. The van der Waals surface area contributed by atoms with Gasteiger partial charge < -0.3 is 14.0 Å². The lowest BCUT2D eigenvalue weighted by Crippen LogP contribution is -2.37. The van der Waals surface area contributed by atoms with E-state index in [9.17, 15) is 13.2 Å². The van der Waals surface area contributed by atoms with E-state index in [1.54, 1.807) is 31.4 Å². The van der Waals surface area contributed by atoms with Gasteiger partial charge in [-0.15, -0.1) is 0 Å². The van der Waals surface area contributed by atoms with Crippen molar-refractivity contribution in [2.24, 2.45) is 7.05 Å². The monoisotopic (exact) mass is 364 g/mol. The number of ether oxygens (including phenoxy) is 2. The maximum absolute atomic E-state index is 13.1. The Morgan fingerprint density at radius 3 is 2.52 bits per heavy atom. The van der Waals surface area contributed by atoms with Crippen molar-refractivity contribution in [2.75, 3.05) is 20.8 Å². The van der Waals surface area contributed by atoms with Crippen LogP contribution in [0.4, 0.5) is 0 Å². The third kappa shape index (κ3) is 3.14. The Labute approximate surface area is 146 Å². The van der Waals surface area contributed by atoms with E-state index in [-0.39, 0.29) is 22.7 Å². The number of methoxy groups -OCH3 is 2. The molecule has 2 aromatic rings. The minimum absolute atomic E-state index is 0.0719. The fraction of sp³-hybridized carbons (Fsp3) is 0.353. The van der Waals surface area contributed by atoms with Gasteiger partial charge in [0.1, 0.15) is 16.4 Å². The number of fused-ring (bicyclic) bond motifs is 1. The Hall–Kier alpha value is -2.32. The molecule has 0 aliphatic carbocycles. The van der Waals surface area contributed by atoms with Crippen LogP contribution in [0.15, 0.2) is 40.2 Å². The lowest BCUT2D eigenvalue weighted by molar-refractivity contribution is 0.372. The third-order valence-electron chi connectivity index (χ3n) is 4.37. The SMILES string of the molecule is COc1ccc(OC)c(S(=O)(=O)N2CCc3cc(=O)n(C)cc3C2)c1. The van der Waals surface area contributed by atoms with Gasteiger partial charge in [0.2, 0.25) is 10.0 Å². The topological polar surface area (TPSA) is 77.8 Å². The number of rotatable bonds is 4. The molecule has 2 heterocycles. The van der Waals surface area contributed by atoms with Crippen LogP contribution in [0, 0.1) is 0 Å². The molecule has 25 heavy (non-hydrogen) atoms. The van der Waals surface area contributed by atoms with Crippen molar-refractivity contribution in [3.05, 3.63) is 51.9 Å². The van der Waals surface area contributed by atoms with Crippen LogP contribution in [0.1, 0.15) is 11.1 Å². The number of nitrogens with zero attached hydrogens (tertiary/aromatic N) is 2. The zero-order valence-electron chi connectivity index (χ0n) is 14.4. The van der Waals surface area contributed by atoms with Gasteiger partial charge in [-0.3, -0.25) is 4.79 Å². The summed E-state index contributed by atoms with van der Waals surface area (Å²) in [6, 6.07) is 6.27. The van der Waals surface area contributed by atoms with Gasteiger partial charge >= 0.3 is 0 Å². The first-order valence-electron chi connectivity index (χ1n) is 7.77. The van der Waals surface area contributed by atoms with E-state index < -0.39 is 10.0 Å². The number of pyridine rings is 1. The van der Waals surface area contributed by atoms with Crippen LogP contribution in [0.3, 0.4) is 0 Å². The van der Waals surface area contributed by atoms with Crippen molar-refractivity contribution in [2.45, 2.75) is 17.9 Å². The molecule has 1 aliphatic rings. The second kappa shape index (κ2) is 6.53. The van der Waals surface area contributed by atoms with Gasteiger partial charge in [0.15, 0.2) is 0 Å². The van der Waals surface area contributed by atoms with E-state index in [4.69, 9.17) is 9.47 Å². The molecule has 0 unspecified atom stereocenters. The van der Waals surface area contributed by atoms with Crippen molar-refractivity contribution in [1.29, 1.82) is 0 Å². The number of hydrogen-bond donors (Lipinski definition) is 0. The largest absolute Gasteiger partial charge is 0.497 e. The first kappa shape index (κ1) is 17.5. The van der Waals surface area contributed by atoms with Crippen LogP contribution >= 0.6 is 0 Å². The van der Waals surface area contributed by atoms with Crippen molar-refractivity contribution in [1.82, 2.24) is 8.87 Å². The maximum atomic E-state index is 13.1. The fourth-order valence-electron chi connectivity index (χ4n) is 2.94. The Balaban J connectivity index is 2.01. The quantitative estimate of drug-likeness (QED) is 0.813. The average molecular weight is 364 g/mol. The molecule has 0 amide bonds. The Morgan fingerprint density at radius 2 is 1.84 bits per heavy atom. The predicted octanol–water partition coefficient (Wildman–Crippen LogP) is 1.15. The minimum Gasteiger partial charge on any atom is -0.497 e. The summed E-state index contributed by atoms with van der Waals surface area (Å²) in [5.74, 6) is 0.714. The Kier molecular flexibility index (Phi) is 4.57. The number of benzene rings is 1. The predicted molar refractivity (Wildman–Crippen MR) is 92.5 cm³/mol. The van der Waals surface area contributed by atoms with Crippen molar-refractivity contribution in [3.63, 3.8) is 0 Å². The van der Waals surface area contributed by atoms with Crippen LogP contribution in [-0.4, -0.2) is 38.1 Å². The van der Waals surface area contributed by atoms with Crippen molar-refractivity contribution < 1.29 is 17.9 Å². The summed E-state index contributed by atoms with van der Waals surface area (Å²) in [4.78, 5) is 11.8. The molecule has 0 fully saturated rings. The van der Waals surface area contributed by atoms with Gasteiger partial charge in [-0.2, -0.15) is 4.31 Å². The van der Waals surface area contributed by atoms with E-state index in [2.05, 4.69) is 0 Å². The molecule has 3 rings (SSSR count). The highest BCUT2D eigenvalue weighted by Gasteiger charge is 2.31. The molecule has 0 atom stereocenters. The Morgan fingerprint density at radius 1 is 1.08 bits per heavy atom. The lowest BCUT2D eigenvalue weighted by atomic mass is 10.0. The molecule has 134 valence electrons. The molecule has 0 N–H and O–H groups in total. The van der Waals surface area contributed by atoms with Gasteiger partial charge in [0.25, 0.3) is 5.56 Å². The van der Waals surface area contributed by atoms with Crippen LogP contribution < -0.4 is 15.0 Å². The number of aryl methyl sites for hydroxylation is 1. The first-order chi connectivity index (χ1) is 11.9. The van der Waals surface area contributed by atoms with Gasteiger partial charge in [-0.1, -0.05) is 0 Å². The molecular formula is C17H20N2O5S. The average Bonchev–Trinajstić information content (AvgIpc) is 2.61. The molecule has 8 heteroatoms. The number of aromatic nitrogens is 1. The number of hydrogen-bond acceptors (Lipinski definition) is 5. The van der Waals surface area contributed by atoms with Crippen LogP contribution in [-0.2, 0) is 30.0 Å². The fourth-order valence-corrected chi connectivity index (χ4v) is 4.53. The second-order valence-corrected chi connectivity index (χ2v) is 7.78. The standard InChI is InChI=1S/C17H20N2O5S/c1-18-10-13-11-19(7-6-12(13)8-17(18)20)25(21,22)16-9-14(23-2)4-5-15(16)24-3/h4-5,8-10H,6-7,11H2,1-3H3. The molecule has 0 spiro atoms. The normalized spacial score (nSPS) is 14.8. The van der Waals surface area contributed by atoms with Gasteiger partial charge in [0.05, 0.1) is 14.2 Å². The van der Waals surface area contributed by atoms with Crippen molar-refractivity contribution >= 4 is 10.0 Å². The summed E-state index contributed by atoms with van der Waals surface area (Å²) < 4.78 is 39.5. The smallest absolute Gasteiger partial charge is 0.250 e. The first-order valence-corrected chi connectivity index (χ1v) is 9.21. The molecule has 1 aromatic carbocycles. The summed E-state index contributed by atoms with van der Waals surface area (Å²) >= 11 is 0. The molecule has 0 radical (unpaired) electrons. The van der Waals surface area contributed by atoms with Gasteiger partial charge in [-0.05, 0) is 29.7 Å². The van der Waals surface area contributed by atoms with Crippen LogP contribution in [0.5, 0.6) is 11.5 Å². The minimum atomic E-state index is -3.76. The van der Waals surface area contributed by atoms with E-state index in [1.807, 2.05) is 0 Å². The highest BCUT2D eigenvalue weighted by molar-refractivity contribution is 7.89. The highest BCUT2D eigenvalue weighted by atomic mass is 32.2. The molecule has 1 aromatic heterocycles. The molecule has 0 bridgehead atoms. The molecular weight excluding hydrogens is 344 g/mol. The van der Waals surface area contributed by atoms with E-state index >= 15 is 0 Å².